The van der Waals surface area contributed by atoms with Gasteiger partial charge in [-0.05, 0) is 62.4 Å². The highest BCUT2D eigenvalue weighted by molar-refractivity contribution is 7.90. The van der Waals surface area contributed by atoms with Crippen molar-refractivity contribution >= 4 is 32.7 Å². The fourth-order valence-electron chi connectivity index (χ4n) is 5.35. The van der Waals surface area contributed by atoms with Crippen molar-refractivity contribution in [3.05, 3.63) is 66.5 Å². The summed E-state index contributed by atoms with van der Waals surface area (Å²) < 4.78 is 34.6. The highest BCUT2D eigenvalue weighted by Gasteiger charge is 2.57. The van der Waals surface area contributed by atoms with Crippen LogP contribution in [0.25, 0.3) is 22.3 Å². The topological polar surface area (TPSA) is 118 Å². The van der Waals surface area contributed by atoms with Crippen LogP contribution in [0.5, 0.6) is 5.88 Å². The van der Waals surface area contributed by atoms with E-state index in [-0.39, 0.29) is 22.4 Å². The number of nitriles is 1. The Morgan fingerprint density at radius 3 is 2.50 bits per heavy atom. The molecule has 3 aromatic heterocycles. The van der Waals surface area contributed by atoms with Crippen molar-refractivity contribution < 1.29 is 17.9 Å². The van der Waals surface area contributed by atoms with Crippen molar-refractivity contribution in [2.45, 2.75) is 31.1 Å². The summed E-state index contributed by atoms with van der Waals surface area (Å²) in [5.74, 6) is 0.183. The molecule has 9 nitrogen and oxygen atoms in total. The number of aryl methyl sites for hydroxylation is 1. The van der Waals surface area contributed by atoms with Crippen LogP contribution in [0.2, 0.25) is 0 Å². The number of hydrogen-bond donors (Lipinski definition) is 0. The van der Waals surface area contributed by atoms with E-state index in [1.54, 1.807) is 59.6 Å². The van der Waals surface area contributed by atoms with Gasteiger partial charge in [0.1, 0.15) is 5.41 Å². The Morgan fingerprint density at radius 1 is 1.08 bits per heavy atom. The lowest BCUT2D eigenvalue weighted by atomic mass is 9.83. The van der Waals surface area contributed by atoms with Gasteiger partial charge in [-0.1, -0.05) is 17.7 Å². The second kappa shape index (κ2) is 8.67. The minimum Gasteiger partial charge on any atom is -0.481 e. The summed E-state index contributed by atoms with van der Waals surface area (Å²) in [4.78, 5) is 24.0. The van der Waals surface area contributed by atoms with Crippen LogP contribution in [0.1, 0.15) is 24.8 Å². The molecule has 1 aromatic carbocycles. The molecule has 0 N–H and O–H groups in total. The number of hydrogen-bond acceptors (Lipinski definition) is 7. The molecular weight excluding hydrogens is 502 g/mol. The van der Waals surface area contributed by atoms with E-state index in [9.17, 15) is 18.5 Å². The maximum absolute atomic E-state index is 14.1. The SMILES string of the molecule is COc1cc(-c2cc3c(N4CC[C@@](C#N)(C5CC5)C4=O)ccnc3n2S(=O)(=O)c2ccc(C)cc2)ccn1. The second-order valence-corrected chi connectivity index (χ2v) is 11.6. The Labute approximate surface area is 220 Å². The van der Waals surface area contributed by atoms with Gasteiger partial charge in [0, 0.05) is 36.0 Å². The number of fused-ring (bicyclic) bond motifs is 1. The molecule has 0 spiro atoms. The van der Waals surface area contributed by atoms with Crippen LogP contribution in [-0.2, 0) is 14.8 Å². The molecule has 1 saturated heterocycles. The smallest absolute Gasteiger partial charge is 0.269 e. The molecule has 1 aliphatic carbocycles. The van der Waals surface area contributed by atoms with Crippen molar-refractivity contribution in [3.63, 3.8) is 0 Å². The maximum Gasteiger partial charge on any atom is 0.269 e. The normalized spacial score (nSPS) is 19.6. The van der Waals surface area contributed by atoms with Gasteiger partial charge in [-0.25, -0.2) is 22.4 Å². The van der Waals surface area contributed by atoms with Crippen LogP contribution in [0.3, 0.4) is 0 Å². The molecule has 1 amide bonds. The van der Waals surface area contributed by atoms with Crippen LogP contribution in [-0.4, -0.2) is 41.9 Å². The number of carbonyl (C=O) groups excluding carboxylic acids is 1. The van der Waals surface area contributed by atoms with Gasteiger partial charge in [-0.3, -0.25) is 4.79 Å². The minimum atomic E-state index is -4.08. The second-order valence-electron chi connectivity index (χ2n) is 9.83. The number of rotatable bonds is 6. The lowest BCUT2D eigenvalue weighted by Crippen LogP contribution is -2.35. The molecule has 2 fully saturated rings. The van der Waals surface area contributed by atoms with E-state index in [2.05, 4.69) is 16.0 Å². The van der Waals surface area contributed by atoms with Gasteiger partial charge in [0.2, 0.25) is 11.8 Å². The molecule has 192 valence electrons. The van der Waals surface area contributed by atoms with Crippen LogP contribution >= 0.6 is 0 Å². The van der Waals surface area contributed by atoms with Gasteiger partial charge in [0.05, 0.1) is 29.5 Å². The van der Waals surface area contributed by atoms with Gasteiger partial charge in [0.15, 0.2) is 5.65 Å². The lowest BCUT2D eigenvalue weighted by Gasteiger charge is -2.21. The number of methoxy groups -OCH3 is 1. The molecule has 0 unspecified atom stereocenters. The number of aromatic nitrogens is 3. The van der Waals surface area contributed by atoms with Gasteiger partial charge in [-0.2, -0.15) is 5.26 Å². The largest absolute Gasteiger partial charge is 0.481 e. The first-order valence-corrected chi connectivity index (χ1v) is 13.8. The fraction of sp³-hybridized carbons (Fsp3) is 0.286. The van der Waals surface area contributed by atoms with E-state index in [4.69, 9.17) is 4.74 Å². The fourth-order valence-corrected chi connectivity index (χ4v) is 6.84. The van der Waals surface area contributed by atoms with Gasteiger partial charge < -0.3 is 9.64 Å². The molecule has 6 rings (SSSR count). The summed E-state index contributed by atoms with van der Waals surface area (Å²) in [5.41, 5.74) is 1.58. The number of benzene rings is 1. The Morgan fingerprint density at radius 2 is 1.82 bits per heavy atom. The molecule has 1 atom stereocenters. The van der Waals surface area contributed by atoms with Gasteiger partial charge in [0.25, 0.3) is 10.0 Å². The van der Waals surface area contributed by atoms with Crippen molar-refractivity contribution in [2.24, 2.45) is 11.3 Å². The number of ether oxygens (including phenoxy) is 1. The standard InChI is InChI=1S/C28H25N5O4S/c1-18-3-7-21(8-4-18)38(35,36)33-24(19-9-12-30-25(15-19)37-2)16-22-23(10-13-31-26(22)33)32-14-11-28(17-29,27(32)34)20-5-6-20/h3-4,7-10,12-13,15-16,20H,5-6,11,14H2,1-2H3/t28-/m1/s1. The molecule has 4 aromatic rings. The molecule has 10 heteroatoms. The maximum atomic E-state index is 14.1. The lowest BCUT2D eigenvalue weighted by molar-refractivity contribution is -0.123. The molecule has 4 heterocycles. The first-order chi connectivity index (χ1) is 18.3. The van der Waals surface area contributed by atoms with E-state index in [1.807, 2.05) is 6.92 Å². The summed E-state index contributed by atoms with van der Waals surface area (Å²) in [6, 6.07) is 15.7. The third-order valence-corrected chi connectivity index (χ3v) is 9.28. The van der Waals surface area contributed by atoms with Crippen molar-refractivity contribution in [2.75, 3.05) is 18.6 Å². The third-order valence-electron chi connectivity index (χ3n) is 7.56. The van der Waals surface area contributed by atoms with E-state index >= 15 is 0 Å². The van der Waals surface area contributed by atoms with Gasteiger partial charge in [-0.15, -0.1) is 0 Å². The monoisotopic (exact) mass is 527 g/mol. The molecule has 2 aliphatic rings. The van der Waals surface area contributed by atoms with Gasteiger partial charge >= 0.3 is 0 Å². The molecular formula is C28H25N5O4S. The van der Waals surface area contributed by atoms with E-state index < -0.39 is 15.4 Å². The predicted octanol–water partition coefficient (Wildman–Crippen LogP) is 4.31. The Bertz CT molecular complexity index is 1740. The Balaban J connectivity index is 1.59. The molecule has 1 saturated carbocycles. The van der Waals surface area contributed by atoms with Crippen molar-refractivity contribution in [3.8, 4) is 23.2 Å². The van der Waals surface area contributed by atoms with Crippen molar-refractivity contribution in [1.82, 2.24) is 13.9 Å². The highest BCUT2D eigenvalue weighted by atomic mass is 32.2. The third kappa shape index (κ3) is 3.57. The van der Waals surface area contributed by atoms with Crippen LogP contribution in [0, 0.1) is 29.6 Å². The van der Waals surface area contributed by atoms with Crippen LogP contribution < -0.4 is 9.64 Å². The van der Waals surface area contributed by atoms with Crippen molar-refractivity contribution in [1.29, 1.82) is 5.26 Å². The number of nitrogens with zero attached hydrogens (tertiary/aromatic N) is 5. The average Bonchev–Trinajstić information content (AvgIpc) is 3.62. The summed E-state index contributed by atoms with van der Waals surface area (Å²) in [6.07, 6.45) is 5.25. The summed E-state index contributed by atoms with van der Waals surface area (Å²) in [6.45, 7) is 2.27. The van der Waals surface area contributed by atoms with Crippen LogP contribution in [0.15, 0.2) is 65.8 Å². The number of pyridine rings is 2. The average molecular weight is 528 g/mol. The summed E-state index contributed by atoms with van der Waals surface area (Å²) >= 11 is 0. The Kier molecular flexibility index (Phi) is 5.50. The number of amides is 1. The first-order valence-electron chi connectivity index (χ1n) is 12.4. The zero-order chi connectivity index (χ0) is 26.7. The first kappa shape index (κ1) is 24.1. The molecule has 0 radical (unpaired) electrons. The number of anilines is 1. The summed E-state index contributed by atoms with van der Waals surface area (Å²) in [5, 5.41) is 10.5. The van der Waals surface area contributed by atoms with E-state index in [1.165, 1.54) is 17.3 Å². The molecule has 1 aliphatic heterocycles. The zero-order valence-corrected chi connectivity index (χ0v) is 21.8. The van der Waals surface area contributed by atoms with E-state index in [0.29, 0.717) is 41.2 Å². The minimum absolute atomic E-state index is 0.0775. The molecule has 38 heavy (non-hydrogen) atoms. The van der Waals surface area contributed by atoms with E-state index in [0.717, 1.165) is 18.4 Å². The van der Waals surface area contributed by atoms with Crippen LogP contribution in [0.4, 0.5) is 5.69 Å². The predicted molar refractivity (Wildman–Crippen MR) is 141 cm³/mol. The number of carbonyl (C=O) groups is 1. The zero-order valence-electron chi connectivity index (χ0n) is 21.0. The highest BCUT2D eigenvalue weighted by Crippen LogP contribution is 2.52. The molecule has 0 bridgehead atoms. The quantitative estimate of drug-likeness (QED) is 0.367. The summed E-state index contributed by atoms with van der Waals surface area (Å²) in [7, 11) is -2.59. The Hall–Kier alpha value is -4.23.